The molecule has 0 unspecified atom stereocenters. The van der Waals surface area contributed by atoms with Crippen LogP contribution in [0.3, 0.4) is 0 Å². The number of likely N-dealkylation sites (tertiary alicyclic amines) is 1. The van der Waals surface area contributed by atoms with Gasteiger partial charge in [0.05, 0.1) is 11.1 Å². The molecule has 4 nitrogen and oxygen atoms in total. The fourth-order valence-corrected chi connectivity index (χ4v) is 3.78. The van der Waals surface area contributed by atoms with Crippen LogP contribution < -0.4 is 10.1 Å². The lowest BCUT2D eigenvalue weighted by Gasteiger charge is -2.41. The molecule has 2 aromatic rings. The molecule has 1 spiro atoms. The molecule has 1 N–H and O–H groups in total. The van der Waals surface area contributed by atoms with E-state index in [2.05, 4.69) is 5.32 Å². The van der Waals surface area contributed by atoms with Crippen molar-refractivity contribution in [2.45, 2.75) is 31.1 Å². The predicted molar refractivity (Wildman–Crippen MR) is 98.1 cm³/mol. The number of amides is 1. The topological polar surface area (TPSA) is 41.6 Å². The number of alkyl halides is 3. The second-order valence-electron chi connectivity index (χ2n) is 7.40. The Morgan fingerprint density at radius 3 is 2.39 bits per heavy atom. The molecular weight excluding hydrogens is 369 g/mol. The standard InChI is InChI=1S/C21H21F3N2O2/c22-21(23,24)17-7-5-15(6-8-17)19(27)26-11-9-20(10-12-26)14-28-18-4-2-1-3-16(18)13-25-20/h1-8,25H,9-14H2. The molecule has 0 aliphatic carbocycles. The SMILES string of the molecule is O=C(c1ccc(C(F)(F)F)cc1)N1CCC2(CC1)COc1ccccc1CN2. The van der Waals surface area contributed by atoms with Gasteiger partial charge in [0.1, 0.15) is 12.4 Å². The van der Waals surface area contributed by atoms with Crippen LogP contribution in [0.5, 0.6) is 5.75 Å². The molecule has 2 aliphatic rings. The lowest BCUT2D eigenvalue weighted by Crippen LogP contribution is -2.56. The average molecular weight is 390 g/mol. The summed E-state index contributed by atoms with van der Waals surface area (Å²) in [5.74, 6) is 0.650. The maximum atomic E-state index is 12.7. The molecule has 4 rings (SSSR count). The van der Waals surface area contributed by atoms with Gasteiger partial charge in [0.25, 0.3) is 5.91 Å². The third kappa shape index (κ3) is 3.71. The Kier molecular flexibility index (Phi) is 4.79. The first-order valence-corrected chi connectivity index (χ1v) is 9.29. The Balaban J connectivity index is 1.39. The molecule has 1 fully saturated rings. The summed E-state index contributed by atoms with van der Waals surface area (Å²) in [6.07, 6.45) is -2.94. The largest absolute Gasteiger partial charge is 0.491 e. The predicted octanol–water partition coefficient (Wildman–Crippen LogP) is 3.86. The Bertz CT molecular complexity index is 828. The van der Waals surface area contributed by atoms with Crippen LogP contribution in [-0.2, 0) is 12.7 Å². The lowest BCUT2D eigenvalue weighted by molar-refractivity contribution is -0.137. The molecule has 2 aliphatic heterocycles. The zero-order chi connectivity index (χ0) is 19.8. The number of rotatable bonds is 1. The maximum Gasteiger partial charge on any atom is 0.416 e. The van der Waals surface area contributed by atoms with Gasteiger partial charge >= 0.3 is 6.18 Å². The Hall–Kier alpha value is -2.54. The van der Waals surface area contributed by atoms with E-state index >= 15 is 0 Å². The van der Waals surface area contributed by atoms with Crippen molar-refractivity contribution in [1.82, 2.24) is 10.2 Å². The van der Waals surface area contributed by atoms with Gasteiger partial charge in [0.15, 0.2) is 0 Å². The summed E-state index contributed by atoms with van der Waals surface area (Å²) < 4.78 is 44.1. The summed E-state index contributed by atoms with van der Waals surface area (Å²) in [4.78, 5) is 14.4. The van der Waals surface area contributed by atoms with E-state index in [0.29, 0.717) is 26.2 Å². The highest BCUT2D eigenvalue weighted by Crippen LogP contribution is 2.31. The molecule has 148 valence electrons. The Morgan fingerprint density at radius 2 is 1.71 bits per heavy atom. The molecule has 1 amide bonds. The van der Waals surface area contributed by atoms with Crippen LogP contribution in [0.2, 0.25) is 0 Å². The first-order chi connectivity index (χ1) is 13.4. The molecular formula is C21H21F3N2O2. The number of halogens is 3. The number of para-hydroxylation sites is 1. The first kappa shape index (κ1) is 18.8. The van der Waals surface area contributed by atoms with E-state index in [9.17, 15) is 18.0 Å². The van der Waals surface area contributed by atoms with Gasteiger partial charge in [-0.3, -0.25) is 4.79 Å². The number of hydrogen-bond acceptors (Lipinski definition) is 3. The fourth-order valence-electron chi connectivity index (χ4n) is 3.78. The smallest absolute Gasteiger partial charge is 0.416 e. The minimum absolute atomic E-state index is 0.198. The maximum absolute atomic E-state index is 12.7. The van der Waals surface area contributed by atoms with Crippen LogP contribution in [0.4, 0.5) is 13.2 Å². The molecule has 0 bridgehead atoms. The molecule has 2 heterocycles. The summed E-state index contributed by atoms with van der Waals surface area (Å²) in [6, 6.07) is 12.3. The highest BCUT2D eigenvalue weighted by atomic mass is 19.4. The summed E-state index contributed by atoms with van der Waals surface area (Å²) in [5, 5.41) is 3.59. The fraction of sp³-hybridized carbons (Fsp3) is 0.381. The number of benzene rings is 2. The molecule has 28 heavy (non-hydrogen) atoms. The van der Waals surface area contributed by atoms with Gasteiger partial charge in [0, 0.05) is 30.8 Å². The molecule has 2 aromatic carbocycles. The van der Waals surface area contributed by atoms with Crippen molar-refractivity contribution in [3.63, 3.8) is 0 Å². The summed E-state index contributed by atoms with van der Waals surface area (Å²) >= 11 is 0. The average Bonchev–Trinajstić information content (AvgIpc) is 2.88. The van der Waals surface area contributed by atoms with Crippen LogP contribution in [0.15, 0.2) is 48.5 Å². The lowest BCUT2D eigenvalue weighted by atomic mass is 9.88. The van der Waals surface area contributed by atoms with Gasteiger partial charge in [-0.15, -0.1) is 0 Å². The highest BCUT2D eigenvalue weighted by Gasteiger charge is 2.38. The van der Waals surface area contributed by atoms with Crippen molar-refractivity contribution in [2.75, 3.05) is 19.7 Å². The van der Waals surface area contributed by atoms with Crippen LogP contribution in [-0.4, -0.2) is 36.0 Å². The Labute approximate surface area is 161 Å². The van der Waals surface area contributed by atoms with E-state index in [1.54, 1.807) is 4.90 Å². The molecule has 0 saturated carbocycles. The zero-order valence-electron chi connectivity index (χ0n) is 15.3. The normalized spacial score (nSPS) is 18.9. The number of carbonyl (C=O) groups excluding carboxylic acids is 1. The van der Waals surface area contributed by atoms with Crippen molar-refractivity contribution < 1.29 is 22.7 Å². The Morgan fingerprint density at radius 1 is 1.04 bits per heavy atom. The van der Waals surface area contributed by atoms with Gasteiger partial charge < -0.3 is 15.0 Å². The van der Waals surface area contributed by atoms with Gasteiger partial charge in [-0.05, 0) is 43.2 Å². The second-order valence-corrected chi connectivity index (χ2v) is 7.40. The van der Waals surface area contributed by atoms with Crippen molar-refractivity contribution in [1.29, 1.82) is 0 Å². The molecule has 0 aromatic heterocycles. The minimum atomic E-state index is -4.40. The van der Waals surface area contributed by atoms with Gasteiger partial charge in [-0.25, -0.2) is 0 Å². The summed E-state index contributed by atoms with van der Waals surface area (Å²) in [5.41, 5.74) is 0.445. The van der Waals surface area contributed by atoms with Crippen molar-refractivity contribution >= 4 is 5.91 Å². The van der Waals surface area contributed by atoms with Gasteiger partial charge in [0.2, 0.25) is 0 Å². The van der Waals surface area contributed by atoms with Crippen LogP contribution in [0, 0.1) is 0 Å². The number of nitrogens with zero attached hydrogens (tertiary/aromatic N) is 1. The highest BCUT2D eigenvalue weighted by molar-refractivity contribution is 5.94. The third-order valence-corrected chi connectivity index (χ3v) is 5.60. The number of fused-ring (bicyclic) bond motifs is 1. The third-order valence-electron chi connectivity index (χ3n) is 5.60. The number of piperidine rings is 1. The van der Waals surface area contributed by atoms with Crippen molar-refractivity contribution in [3.8, 4) is 5.75 Å². The summed E-state index contributed by atoms with van der Waals surface area (Å²) in [7, 11) is 0. The van der Waals surface area contributed by atoms with Crippen molar-refractivity contribution in [3.05, 3.63) is 65.2 Å². The number of hydrogen-bond donors (Lipinski definition) is 1. The van der Waals surface area contributed by atoms with Crippen LogP contribution >= 0.6 is 0 Å². The van der Waals surface area contributed by atoms with E-state index in [1.165, 1.54) is 12.1 Å². The quantitative estimate of drug-likeness (QED) is 0.804. The van der Waals surface area contributed by atoms with E-state index in [1.807, 2.05) is 24.3 Å². The second kappa shape index (κ2) is 7.13. The van der Waals surface area contributed by atoms with Crippen LogP contribution in [0.25, 0.3) is 0 Å². The van der Waals surface area contributed by atoms with Crippen LogP contribution in [0.1, 0.15) is 34.3 Å². The number of carbonyl (C=O) groups is 1. The first-order valence-electron chi connectivity index (χ1n) is 9.29. The molecule has 7 heteroatoms. The van der Waals surface area contributed by atoms with Gasteiger partial charge in [-0.1, -0.05) is 18.2 Å². The molecule has 0 radical (unpaired) electrons. The monoisotopic (exact) mass is 390 g/mol. The zero-order valence-corrected chi connectivity index (χ0v) is 15.3. The van der Waals surface area contributed by atoms with Gasteiger partial charge in [-0.2, -0.15) is 13.2 Å². The van der Waals surface area contributed by atoms with E-state index in [-0.39, 0.29) is 17.0 Å². The minimum Gasteiger partial charge on any atom is -0.491 e. The van der Waals surface area contributed by atoms with E-state index in [4.69, 9.17) is 4.74 Å². The molecule has 0 atom stereocenters. The van der Waals surface area contributed by atoms with E-state index in [0.717, 1.165) is 36.3 Å². The summed E-state index contributed by atoms with van der Waals surface area (Å²) in [6.45, 7) is 2.31. The molecule has 1 saturated heterocycles. The number of ether oxygens (including phenoxy) is 1. The van der Waals surface area contributed by atoms with E-state index < -0.39 is 11.7 Å². The van der Waals surface area contributed by atoms with Crippen molar-refractivity contribution in [2.24, 2.45) is 0 Å². The number of nitrogens with one attached hydrogen (secondary N) is 1.